The van der Waals surface area contributed by atoms with Crippen LogP contribution in [-0.4, -0.2) is 23.7 Å². The third-order valence-electron chi connectivity index (χ3n) is 2.78. The third kappa shape index (κ3) is 4.80. The van der Waals surface area contributed by atoms with Gasteiger partial charge in [0, 0.05) is 11.0 Å². The van der Waals surface area contributed by atoms with Gasteiger partial charge in [-0.25, -0.2) is 9.18 Å². The Bertz CT molecular complexity index is 508. The van der Waals surface area contributed by atoms with Crippen LogP contribution in [0.25, 0.3) is 0 Å². The lowest BCUT2D eigenvalue weighted by Crippen LogP contribution is -2.37. The van der Waals surface area contributed by atoms with Gasteiger partial charge in [-0.15, -0.1) is 0 Å². The summed E-state index contributed by atoms with van der Waals surface area (Å²) in [6, 6.07) is 3.32. The van der Waals surface area contributed by atoms with Crippen LogP contribution in [0.5, 0.6) is 0 Å². The highest BCUT2D eigenvalue weighted by molar-refractivity contribution is 9.10. The van der Waals surface area contributed by atoms with Crippen molar-refractivity contribution in [3.8, 4) is 0 Å². The fourth-order valence-electron chi connectivity index (χ4n) is 1.57. The molecule has 1 unspecified atom stereocenters. The Morgan fingerprint density at radius 1 is 1.40 bits per heavy atom. The summed E-state index contributed by atoms with van der Waals surface area (Å²) in [7, 11) is 0. The minimum atomic E-state index is -0.955. The van der Waals surface area contributed by atoms with E-state index in [0.29, 0.717) is 10.2 Å². The van der Waals surface area contributed by atoms with Crippen LogP contribution in [0.4, 0.5) is 14.9 Å². The van der Waals surface area contributed by atoms with Gasteiger partial charge in [-0.05, 0) is 40.0 Å². The number of rotatable bonds is 5. The number of urea groups is 1. The van der Waals surface area contributed by atoms with Crippen LogP contribution >= 0.6 is 15.9 Å². The van der Waals surface area contributed by atoms with Gasteiger partial charge in [0.1, 0.15) is 5.82 Å². The Hall–Kier alpha value is -1.63. The van der Waals surface area contributed by atoms with E-state index in [9.17, 15) is 14.0 Å². The van der Waals surface area contributed by atoms with Crippen molar-refractivity contribution in [3.05, 3.63) is 28.5 Å². The summed E-state index contributed by atoms with van der Waals surface area (Å²) < 4.78 is 13.3. The van der Waals surface area contributed by atoms with Crippen molar-refractivity contribution in [1.29, 1.82) is 0 Å². The fourth-order valence-corrected chi connectivity index (χ4v) is 2.02. The van der Waals surface area contributed by atoms with E-state index in [1.807, 2.05) is 0 Å². The molecule has 0 fully saturated rings. The molecule has 2 amide bonds. The van der Waals surface area contributed by atoms with E-state index < -0.39 is 23.7 Å². The Morgan fingerprint density at radius 2 is 2.05 bits per heavy atom. The smallest absolute Gasteiger partial charge is 0.319 e. The zero-order valence-electron chi connectivity index (χ0n) is 11.1. The lowest BCUT2D eigenvalue weighted by atomic mass is 9.96. The molecular formula is C13H16BrFN2O3. The van der Waals surface area contributed by atoms with Gasteiger partial charge in [0.25, 0.3) is 0 Å². The monoisotopic (exact) mass is 346 g/mol. The van der Waals surface area contributed by atoms with E-state index in [1.165, 1.54) is 18.2 Å². The molecule has 0 bridgehead atoms. The Morgan fingerprint density at radius 3 is 2.55 bits per heavy atom. The minimum Gasteiger partial charge on any atom is -0.481 e. The van der Waals surface area contributed by atoms with Crippen molar-refractivity contribution in [2.24, 2.45) is 11.8 Å². The first-order chi connectivity index (χ1) is 9.31. The van der Waals surface area contributed by atoms with Crippen molar-refractivity contribution in [3.63, 3.8) is 0 Å². The van der Waals surface area contributed by atoms with Crippen LogP contribution in [0.15, 0.2) is 22.7 Å². The minimum absolute atomic E-state index is 0.0254. The Kier molecular flexibility index (Phi) is 5.94. The van der Waals surface area contributed by atoms with Gasteiger partial charge in [-0.1, -0.05) is 13.8 Å². The number of amides is 2. The maximum Gasteiger partial charge on any atom is 0.319 e. The molecule has 1 aromatic rings. The number of nitrogens with one attached hydrogen (secondary N) is 2. The van der Waals surface area contributed by atoms with Crippen LogP contribution in [0.1, 0.15) is 13.8 Å². The van der Waals surface area contributed by atoms with Crippen molar-refractivity contribution in [2.75, 3.05) is 11.9 Å². The van der Waals surface area contributed by atoms with Gasteiger partial charge in [0.05, 0.1) is 11.6 Å². The summed E-state index contributed by atoms with van der Waals surface area (Å²) in [5, 5.41) is 14.0. The number of carboxylic acids is 1. The molecule has 0 radical (unpaired) electrons. The summed E-state index contributed by atoms with van der Waals surface area (Å²) in [6.07, 6.45) is 0. The predicted octanol–water partition coefficient (Wildman–Crippen LogP) is 3.07. The topological polar surface area (TPSA) is 78.4 Å². The predicted molar refractivity (Wildman–Crippen MR) is 77.1 cm³/mol. The molecule has 0 aromatic heterocycles. The van der Waals surface area contributed by atoms with Gasteiger partial charge in [-0.2, -0.15) is 0 Å². The average Bonchev–Trinajstić information content (AvgIpc) is 2.32. The van der Waals surface area contributed by atoms with Gasteiger partial charge >= 0.3 is 12.0 Å². The SMILES string of the molecule is CC(C)C(CNC(=O)Nc1ccc(F)cc1Br)C(=O)O. The summed E-state index contributed by atoms with van der Waals surface area (Å²) in [6.45, 7) is 3.57. The molecule has 0 saturated heterocycles. The molecule has 0 heterocycles. The van der Waals surface area contributed by atoms with Gasteiger partial charge in [-0.3, -0.25) is 4.79 Å². The van der Waals surface area contributed by atoms with Crippen molar-refractivity contribution in [2.45, 2.75) is 13.8 Å². The highest BCUT2D eigenvalue weighted by Crippen LogP contribution is 2.22. The van der Waals surface area contributed by atoms with Crippen molar-refractivity contribution in [1.82, 2.24) is 5.32 Å². The van der Waals surface area contributed by atoms with E-state index in [2.05, 4.69) is 26.6 Å². The molecule has 1 rings (SSSR count). The van der Waals surface area contributed by atoms with E-state index in [-0.39, 0.29) is 12.5 Å². The third-order valence-corrected chi connectivity index (χ3v) is 3.44. The molecule has 0 spiro atoms. The summed E-state index contributed by atoms with van der Waals surface area (Å²) in [4.78, 5) is 22.7. The summed E-state index contributed by atoms with van der Waals surface area (Å²) in [5.41, 5.74) is 0.403. The lowest BCUT2D eigenvalue weighted by molar-refractivity contribution is -0.142. The molecular weight excluding hydrogens is 331 g/mol. The maximum absolute atomic E-state index is 12.9. The second kappa shape index (κ2) is 7.23. The van der Waals surface area contributed by atoms with Gasteiger partial charge in [0.15, 0.2) is 0 Å². The fraction of sp³-hybridized carbons (Fsp3) is 0.385. The molecule has 0 saturated carbocycles. The summed E-state index contributed by atoms with van der Waals surface area (Å²) in [5.74, 6) is -2.13. The first kappa shape index (κ1) is 16.4. The normalized spacial score (nSPS) is 12.1. The van der Waals surface area contributed by atoms with E-state index >= 15 is 0 Å². The van der Waals surface area contributed by atoms with Gasteiger partial charge in [0.2, 0.25) is 0 Å². The number of aliphatic carboxylic acids is 1. The summed E-state index contributed by atoms with van der Waals surface area (Å²) >= 11 is 3.13. The van der Waals surface area contributed by atoms with Crippen LogP contribution in [0.3, 0.4) is 0 Å². The van der Waals surface area contributed by atoms with E-state index in [4.69, 9.17) is 5.11 Å². The average molecular weight is 347 g/mol. The zero-order valence-corrected chi connectivity index (χ0v) is 12.7. The number of anilines is 1. The van der Waals surface area contributed by atoms with E-state index in [0.717, 1.165) is 0 Å². The zero-order chi connectivity index (χ0) is 15.3. The first-order valence-electron chi connectivity index (χ1n) is 6.04. The highest BCUT2D eigenvalue weighted by atomic mass is 79.9. The van der Waals surface area contributed by atoms with Crippen LogP contribution < -0.4 is 10.6 Å². The molecule has 0 aliphatic rings. The molecule has 7 heteroatoms. The standard InChI is InChI=1S/C13H16BrFN2O3/c1-7(2)9(12(18)19)6-16-13(20)17-11-4-3-8(15)5-10(11)14/h3-5,7,9H,6H2,1-2H3,(H,18,19)(H2,16,17,20). The number of carboxylic acid groups (broad SMARTS) is 1. The quantitative estimate of drug-likeness (QED) is 0.766. The van der Waals surface area contributed by atoms with Crippen molar-refractivity contribution >= 4 is 33.6 Å². The van der Waals surface area contributed by atoms with Crippen LogP contribution in [-0.2, 0) is 4.79 Å². The van der Waals surface area contributed by atoms with Gasteiger partial charge < -0.3 is 15.7 Å². The molecule has 0 aliphatic carbocycles. The number of hydrogen-bond donors (Lipinski definition) is 3. The molecule has 0 aliphatic heterocycles. The molecule has 1 aromatic carbocycles. The molecule has 110 valence electrons. The first-order valence-corrected chi connectivity index (χ1v) is 6.83. The highest BCUT2D eigenvalue weighted by Gasteiger charge is 2.22. The second-order valence-electron chi connectivity index (χ2n) is 4.65. The maximum atomic E-state index is 12.9. The van der Waals surface area contributed by atoms with Crippen LogP contribution in [0, 0.1) is 17.7 Å². The Labute approximate surface area is 124 Å². The Balaban J connectivity index is 2.57. The number of benzene rings is 1. The molecule has 3 N–H and O–H groups in total. The number of carbonyl (C=O) groups is 2. The van der Waals surface area contributed by atoms with Crippen molar-refractivity contribution < 1.29 is 19.1 Å². The molecule has 1 atom stereocenters. The largest absolute Gasteiger partial charge is 0.481 e. The molecule has 5 nitrogen and oxygen atoms in total. The van der Waals surface area contributed by atoms with E-state index in [1.54, 1.807) is 13.8 Å². The van der Waals surface area contributed by atoms with Crippen LogP contribution in [0.2, 0.25) is 0 Å². The second-order valence-corrected chi connectivity index (χ2v) is 5.50. The number of carbonyl (C=O) groups excluding carboxylic acids is 1. The number of hydrogen-bond acceptors (Lipinski definition) is 2. The number of halogens is 2. The molecule has 20 heavy (non-hydrogen) atoms. The lowest BCUT2D eigenvalue weighted by Gasteiger charge is -2.17.